The molecule has 0 N–H and O–H groups in total. The van der Waals surface area contributed by atoms with Gasteiger partial charge in [0.05, 0.1) is 0 Å². The van der Waals surface area contributed by atoms with Gasteiger partial charge in [0.25, 0.3) is 0 Å². The van der Waals surface area contributed by atoms with Crippen LogP contribution in [-0.2, 0) is 9.47 Å². The second kappa shape index (κ2) is 11.5. The van der Waals surface area contributed by atoms with Gasteiger partial charge in [-0.1, -0.05) is 113 Å². The highest BCUT2D eigenvalue weighted by atomic mass is 16.5. The van der Waals surface area contributed by atoms with Crippen molar-refractivity contribution in [2.45, 2.75) is 77.3 Å². The van der Waals surface area contributed by atoms with E-state index in [1.165, 1.54) is 36.8 Å². The Morgan fingerprint density at radius 1 is 0.667 bits per heavy atom. The molecule has 4 nitrogen and oxygen atoms in total. The van der Waals surface area contributed by atoms with E-state index in [0.29, 0.717) is 13.2 Å². The van der Waals surface area contributed by atoms with Crippen molar-refractivity contribution in [2.24, 2.45) is 15.4 Å². The number of nitrogens with zero attached hydrogens (tertiary/aromatic N) is 2. The molecule has 2 aliphatic rings. The van der Waals surface area contributed by atoms with E-state index in [0.717, 1.165) is 37.5 Å². The SMILES string of the molecule is CCCCCC(CCCCC)(C1=NC(c2ccccc2)CO1)C1=NC(c2ccccc2)CO1. The minimum absolute atomic E-state index is 0.0462. The fourth-order valence-corrected chi connectivity index (χ4v) is 4.96. The van der Waals surface area contributed by atoms with Gasteiger partial charge in [-0.3, -0.25) is 0 Å². The Hall–Kier alpha value is -2.62. The third-order valence-corrected chi connectivity index (χ3v) is 6.90. The van der Waals surface area contributed by atoms with Crippen molar-refractivity contribution in [3.8, 4) is 0 Å². The van der Waals surface area contributed by atoms with E-state index in [-0.39, 0.29) is 17.5 Å². The Morgan fingerprint density at radius 3 is 1.48 bits per heavy atom. The highest BCUT2D eigenvalue weighted by Crippen LogP contribution is 2.43. The molecule has 0 aliphatic carbocycles. The standard InChI is InChI=1S/C29H38N2O2/c1-3-5-13-19-29(20-14-6-4-2,27-30-25(21-32-27)23-15-9-7-10-16-23)28-31-26(22-33-28)24-17-11-8-12-18-24/h7-12,15-18,25-26H,3-6,13-14,19-22H2,1-2H3. The third-order valence-electron chi connectivity index (χ3n) is 6.90. The molecule has 176 valence electrons. The van der Waals surface area contributed by atoms with Crippen molar-refractivity contribution in [1.82, 2.24) is 0 Å². The first-order valence-electron chi connectivity index (χ1n) is 12.8. The largest absolute Gasteiger partial charge is 0.478 e. The zero-order valence-corrected chi connectivity index (χ0v) is 20.2. The van der Waals surface area contributed by atoms with Crippen molar-refractivity contribution in [3.63, 3.8) is 0 Å². The molecule has 0 amide bonds. The first-order valence-corrected chi connectivity index (χ1v) is 12.8. The summed E-state index contributed by atoms with van der Waals surface area (Å²) in [7, 11) is 0. The van der Waals surface area contributed by atoms with Gasteiger partial charge >= 0.3 is 0 Å². The summed E-state index contributed by atoms with van der Waals surface area (Å²) < 4.78 is 12.8. The molecule has 0 saturated heterocycles. The van der Waals surface area contributed by atoms with Gasteiger partial charge in [-0.15, -0.1) is 0 Å². The van der Waals surface area contributed by atoms with E-state index in [2.05, 4.69) is 74.5 Å². The fourth-order valence-electron chi connectivity index (χ4n) is 4.96. The van der Waals surface area contributed by atoms with Crippen LogP contribution in [0.1, 0.15) is 88.4 Å². The molecular formula is C29H38N2O2. The topological polar surface area (TPSA) is 43.2 Å². The van der Waals surface area contributed by atoms with Gasteiger partial charge in [-0.2, -0.15) is 0 Å². The van der Waals surface area contributed by atoms with Crippen LogP contribution in [0.25, 0.3) is 0 Å². The van der Waals surface area contributed by atoms with Crippen LogP contribution in [-0.4, -0.2) is 25.0 Å². The molecule has 2 atom stereocenters. The molecule has 2 aliphatic heterocycles. The summed E-state index contributed by atoms with van der Waals surface area (Å²) in [5.41, 5.74) is 2.05. The zero-order chi connectivity index (χ0) is 22.9. The highest BCUT2D eigenvalue weighted by Gasteiger charge is 2.48. The van der Waals surface area contributed by atoms with Crippen LogP contribution in [0.4, 0.5) is 0 Å². The Morgan fingerprint density at radius 2 is 1.09 bits per heavy atom. The highest BCUT2D eigenvalue weighted by molar-refractivity contribution is 6.06. The Balaban J connectivity index is 1.69. The van der Waals surface area contributed by atoms with Gasteiger partial charge in [0, 0.05) is 0 Å². The van der Waals surface area contributed by atoms with E-state index in [1.807, 2.05) is 0 Å². The maximum atomic E-state index is 6.39. The lowest BCUT2D eigenvalue weighted by Crippen LogP contribution is -2.40. The Kier molecular flexibility index (Phi) is 8.20. The van der Waals surface area contributed by atoms with Gasteiger partial charge in [0.1, 0.15) is 30.7 Å². The quantitative estimate of drug-likeness (QED) is 0.317. The lowest BCUT2D eigenvalue weighted by atomic mass is 9.77. The second-order valence-electron chi connectivity index (χ2n) is 9.34. The van der Waals surface area contributed by atoms with Gasteiger partial charge in [-0.25, -0.2) is 9.98 Å². The molecule has 2 aromatic carbocycles. The van der Waals surface area contributed by atoms with E-state index in [4.69, 9.17) is 19.5 Å². The molecule has 33 heavy (non-hydrogen) atoms. The molecule has 4 rings (SSSR count). The van der Waals surface area contributed by atoms with Crippen molar-refractivity contribution in [3.05, 3.63) is 71.8 Å². The van der Waals surface area contributed by atoms with E-state index < -0.39 is 0 Å². The Labute approximate surface area is 199 Å². The number of hydrogen-bond acceptors (Lipinski definition) is 4. The monoisotopic (exact) mass is 446 g/mol. The predicted octanol–water partition coefficient (Wildman–Crippen LogP) is 7.47. The van der Waals surface area contributed by atoms with E-state index in [9.17, 15) is 0 Å². The third kappa shape index (κ3) is 5.48. The van der Waals surface area contributed by atoms with Crippen LogP contribution in [0.2, 0.25) is 0 Å². The molecule has 2 aromatic rings. The molecule has 2 heterocycles. The summed E-state index contributed by atoms with van der Waals surface area (Å²) in [5, 5.41) is 0. The molecule has 4 heteroatoms. The molecule has 0 saturated carbocycles. The average Bonchev–Trinajstić information content (AvgIpc) is 3.56. The normalized spacial score (nSPS) is 20.2. The summed E-state index contributed by atoms with van der Waals surface area (Å²) in [5.74, 6) is 1.69. The minimum atomic E-state index is -0.364. The van der Waals surface area contributed by atoms with Crippen molar-refractivity contribution in [1.29, 1.82) is 0 Å². The summed E-state index contributed by atoms with van der Waals surface area (Å²) in [4.78, 5) is 10.3. The van der Waals surface area contributed by atoms with Crippen LogP contribution < -0.4 is 0 Å². The molecule has 0 spiro atoms. The lowest BCUT2D eigenvalue weighted by Gasteiger charge is -2.32. The maximum absolute atomic E-state index is 6.39. The van der Waals surface area contributed by atoms with Gasteiger partial charge in [-0.05, 0) is 24.0 Å². The number of unbranched alkanes of at least 4 members (excludes halogenated alkanes) is 4. The molecule has 0 bridgehead atoms. The second-order valence-corrected chi connectivity index (χ2v) is 9.34. The summed E-state index contributed by atoms with van der Waals surface area (Å²) >= 11 is 0. The molecule has 0 radical (unpaired) electrons. The first kappa shape index (κ1) is 23.5. The maximum Gasteiger partial charge on any atom is 0.200 e. The van der Waals surface area contributed by atoms with Crippen molar-refractivity contribution in [2.75, 3.05) is 13.2 Å². The number of benzene rings is 2. The number of rotatable bonds is 12. The van der Waals surface area contributed by atoms with Crippen molar-refractivity contribution >= 4 is 11.8 Å². The van der Waals surface area contributed by atoms with Gasteiger partial charge < -0.3 is 9.47 Å². The molecule has 0 fully saturated rings. The van der Waals surface area contributed by atoms with Crippen molar-refractivity contribution < 1.29 is 9.47 Å². The Bertz CT molecular complexity index is 846. The van der Waals surface area contributed by atoms with Crippen LogP contribution in [0.3, 0.4) is 0 Å². The molecular weight excluding hydrogens is 408 g/mol. The molecule has 0 aromatic heterocycles. The number of aliphatic imine (C=N–C) groups is 2. The van der Waals surface area contributed by atoms with Crippen LogP contribution >= 0.6 is 0 Å². The summed E-state index contributed by atoms with van der Waals surface area (Å²) in [6.07, 6.45) is 8.96. The van der Waals surface area contributed by atoms with E-state index >= 15 is 0 Å². The fraction of sp³-hybridized carbons (Fsp3) is 0.517. The first-order chi connectivity index (χ1) is 16.3. The number of ether oxygens (including phenoxy) is 2. The smallest absolute Gasteiger partial charge is 0.200 e. The van der Waals surface area contributed by atoms with Gasteiger partial charge in [0.2, 0.25) is 0 Å². The van der Waals surface area contributed by atoms with Gasteiger partial charge in [0.15, 0.2) is 11.8 Å². The summed E-state index contributed by atoms with van der Waals surface area (Å²) in [6, 6.07) is 21.1. The minimum Gasteiger partial charge on any atom is -0.478 e. The van der Waals surface area contributed by atoms with E-state index in [1.54, 1.807) is 0 Å². The molecule has 2 unspecified atom stereocenters. The summed E-state index contributed by atoms with van der Waals surface area (Å²) in [6.45, 7) is 5.70. The lowest BCUT2D eigenvalue weighted by molar-refractivity contribution is 0.233. The average molecular weight is 447 g/mol. The van der Waals surface area contributed by atoms with Crippen LogP contribution in [0, 0.1) is 5.41 Å². The van der Waals surface area contributed by atoms with Crippen LogP contribution in [0.5, 0.6) is 0 Å². The predicted molar refractivity (Wildman–Crippen MR) is 136 cm³/mol. The van der Waals surface area contributed by atoms with Crippen LogP contribution in [0.15, 0.2) is 70.6 Å². The zero-order valence-electron chi connectivity index (χ0n) is 20.2. The number of hydrogen-bond donors (Lipinski definition) is 0.